The van der Waals surface area contributed by atoms with E-state index in [4.69, 9.17) is 5.73 Å². The summed E-state index contributed by atoms with van der Waals surface area (Å²) < 4.78 is 0. The molecule has 0 heterocycles. The first-order chi connectivity index (χ1) is 6.97. The van der Waals surface area contributed by atoms with Crippen molar-refractivity contribution < 1.29 is 0 Å². The zero-order valence-electron chi connectivity index (χ0n) is 10.8. The van der Waals surface area contributed by atoms with Crippen LogP contribution in [0, 0.1) is 17.8 Å². The van der Waals surface area contributed by atoms with E-state index in [9.17, 15) is 0 Å². The topological polar surface area (TPSA) is 38.0 Å². The van der Waals surface area contributed by atoms with Crippen molar-refractivity contribution in [2.75, 3.05) is 13.1 Å². The van der Waals surface area contributed by atoms with Gasteiger partial charge in [-0.1, -0.05) is 20.8 Å². The first kappa shape index (κ1) is 13.0. The minimum absolute atomic E-state index is 0.136. The highest BCUT2D eigenvalue weighted by Gasteiger charge is 2.30. The lowest BCUT2D eigenvalue weighted by Crippen LogP contribution is -2.51. The molecule has 0 bridgehead atoms. The number of hydrogen-bond donors (Lipinski definition) is 2. The second-order valence-corrected chi connectivity index (χ2v) is 6.06. The van der Waals surface area contributed by atoms with Crippen LogP contribution in [0.2, 0.25) is 0 Å². The van der Waals surface area contributed by atoms with Gasteiger partial charge in [0.05, 0.1) is 0 Å². The molecular weight excluding hydrogens is 184 g/mol. The molecule has 0 spiro atoms. The van der Waals surface area contributed by atoms with Crippen molar-refractivity contribution >= 4 is 0 Å². The van der Waals surface area contributed by atoms with Crippen LogP contribution in [0.1, 0.15) is 47.0 Å². The summed E-state index contributed by atoms with van der Waals surface area (Å²) >= 11 is 0. The highest BCUT2D eigenvalue weighted by Crippen LogP contribution is 2.36. The van der Waals surface area contributed by atoms with Crippen LogP contribution in [0.3, 0.4) is 0 Å². The molecule has 1 aliphatic rings. The minimum atomic E-state index is 0.136. The Hall–Kier alpha value is -0.0800. The van der Waals surface area contributed by atoms with Gasteiger partial charge in [0.2, 0.25) is 0 Å². The lowest BCUT2D eigenvalue weighted by Gasteiger charge is -2.32. The van der Waals surface area contributed by atoms with E-state index in [0.29, 0.717) is 5.92 Å². The van der Waals surface area contributed by atoms with Crippen LogP contribution >= 0.6 is 0 Å². The Kier molecular flexibility index (Phi) is 4.60. The summed E-state index contributed by atoms with van der Waals surface area (Å²) in [6, 6.07) is 0. The summed E-state index contributed by atoms with van der Waals surface area (Å²) in [6.45, 7) is 11.0. The van der Waals surface area contributed by atoms with Crippen LogP contribution in [0.25, 0.3) is 0 Å². The summed E-state index contributed by atoms with van der Waals surface area (Å²) in [6.07, 6.45) is 4.04. The highest BCUT2D eigenvalue weighted by atomic mass is 15.0. The first-order valence-electron chi connectivity index (χ1n) is 6.42. The molecular formula is C13H28N2. The van der Waals surface area contributed by atoms with Crippen LogP contribution in [0.4, 0.5) is 0 Å². The van der Waals surface area contributed by atoms with Crippen molar-refractivity contribution in [1.82, 2.24) is 5.32 Å². The standard InChI is InChI=1S/C13H28N2/c1-10(2)7-13(4,9-14)15-8-11(3)12-5-6-12/h10-12,15H,5-9,14H2,1-4H3. The van der Waals surface area contributed by atoms with Crippen LogP contribution in [0.5, 0.6) is 0 Å². The Morgan fingerprint density at radius 3 is 2.33 bits per heavy atom. The molecule has 0 radical (unpaired) electrons. The third kappa shape index (κ3) is 4.52. The van der Waals surface area contributed by atoms with Gasteiger partial charge < -0.3 is 11.1 Å². The zero-order chi connectivity index (χ0) is 11.5. The molecule has 0 amide bonds. The van der Waals surface area contributed by atoms with Crippen LogP contribution in [-0.4, -0.2) is 18.6 Å². The normalized spacial score (nSPS) is 22.8. The molecule has 2 atom stereocenters. The first-order valence-corrected chi connectivity index (χ1v) is 6.42. The van der Waals surface area contributed by atoms with Crippen LogP contribution in [-0.2, 0) is 0 Å². The molecule has 15 heavy (non-hydrogen) atoms. The molecule has 2 nitrogen and oxygen atoms in total. The van der Waals surface area contributed by atoms with Crippen LogP contribution in [0.15, 0.2) is 0 Å². The van der Waals surface area contributed by atoms with Crippen molar-refractivity contribution in [1.29, 1.82) is 0 Å². The van der Waals surface area contributed by atoms with E-state index >= 15 is 0 Å². The average Bonchev–Trinajstić information content (AvgIpc) is 2.96. The van der Waals surface area contributed by atoms with E-state index in [1.165, 1.54) is 19.3 Å². The highest BCUT2D eigenvalue weighted by molar-refractivity contribution is 4.88. The maximum Gasteiger partial charge on any atom is 0.0278 e. The molecule has 0 saturated heterocycles. The van der Waals surface area contributed by atoms with Crippen molar-refractivity contribution in [3.8, 4) is 0 Å². The monoisotopic (exact) mass is 212 g/mol. The summed E-state index contributed by atoms with van der Waals surface area (Å²) in [5, 5.41) is 3.67. The van der Waals surface area contributed by atoms with E-state index in [1.54, 1.807) is 0 Å². The number of nitrogens with two attached hydrogens (primary N) is 1. The van der Waals surface area contributed by atoms with Crippen molar-refractivity contribution in [2.24, 2.45) is 23.5 Å². The van der Waals surface area contributed by atoms with Gasteiger partial charge in [-0.05, 0) is 50.5 Å². The molecule has 1 rings (SSSR count). The van der Waals surface area contributed by atoms with Crippen molar-refractivity contribution in [3.05, 3.63) is 0 Å². The van der Waals surface area contributed by atoms with Crippen molar-refractivity contribution in [3.63, 3.8) is 0 Å². The molecule has 1 fully saturated rings. The Balaban J connectivity index is 2.30. The predicted octanol–water partition coefficient (Wildman–Crippen LogP) is 2.39. The van der Waals surface area contributed by atoms with Gasteiger partial charge in [-0.15, -0.1) is 0 Å². The van der Waals surface area contributed by atoms with Gasteiger partial charge in [0, 0.05) is 12.1 Å². The second kappa shape index (κ2) is 5.31. The fourth-order valence-corrected chi connectivity index (χ4v) is 2.37. The van der Waals surface area contributed by atoms with E-state index < -0.39 is 0 Å². The second-order valence-electron chi connectivity index (χ2n) is 6.06. The van der Waals surface area contributed by atoms with Gasteiger partial charge >= 0.3 is 0 Å². The smallest absolute Gasteiger partial charge is 0.0278 e. The molecule has 1 saturated carbocycles. The molecule has 3 N–H and O–H groups in total. The molecule has 0 aliphatic heterocycles. The summed E-state index contributed by atoms with van der Waals surface area (Å²) in [7, 11) is 0. The van der Waals surface area contributed by atoms with E-state index in [0.717, 1.165) is 24.9 Å². The number of hydrogen-bond acceptors (Lipinski definition) is 2. The van der Waals surface area contributed by atoms with Gasteiger partial charge in [-0.3, -0.25) is 0 Å². The summed E-state index contributed by atoms with van der Waals surface area (Å²) in [5.74, 6) is 2.52. The minimum Gasteiger partial charge on any atom is -0.329 e. The van der Waals surface area contributed by atoms with Gasteiger partial charge in [-0.2, -0.15) is 0 Å². The molecule has 0 aromatic heterocycles. The fraction of sp³-hybridized carbons (Fsp3) is 1.00. The lowest BCUT2D eigenvalue weighted by atomic mass is 9.90. The van der Waals surface area contributed by atoms with Gasteiger partial charge in [-0.25, -0.2) is 0 Å². The van der Waals surface area contributed by atoms with Gasteiger partial charge in [0.15, 0.2) is 0 Å². The molecule has 2 heteroatoms. The largest absolute Gasteiger partial charge is 0.329 e. The van der Waals surface area contributed by atoms with E-state index in [2.05, 4.69) is 33.0 Å². The molecule has 90 valence electrons. The Bertz CT molecular complexity index is 187. The Labute approximate surface area is 95.0 Å². The molecule has 0 aromatic rings. The third-order valence-electron chi connectivity index (χ3n) is 3.59. The van der Waals surface area contributed by atoms with Gasteiger partial charge in [0.1, 0.15) is 0 Å². The maximum absolute atomic E-state index is 5.87. The average molecular weight is 212 g/mol. The molecule has 0 aromatic carbocycles. The van der Waals surface area contributed by atoms with E-state index in [1.807, 2.05) is 0 Å². The third-order valence-corrected chi connectivity index (χ3v) is 3.59. The Morgan fingerprint density at radius 1 is 1.33 bits per heavy atom. The summed E-state index contributed by atoms with van der Waals surface area (Å²) in [5.41, 5.74) is 6.01. The lowest BCUT2D eigenvalue weighted by molar-refractivity contribution is 0.277. The predicted molar refractivity (Wildman–Crippen MR) is 66.8 cm³/mol. The quantitative estimate of drug-likeness (QED) is 0.680. The van der Waals surface area contributed by atoms with Crippen molar-refractivity contribution in [2.45, 2.75) is 52.5 Å². The SMILES string of the molecule is CC(C)CC(C)(CN)NCC(C)C1CC1. The molecule has 2 unspecified atom stereocenters. The van der Waals surface area contributed by atoms with Crippen LogP contribution < -0.4 is 11.1 Å². The number of nitrogens with one attached hydrogen (secondary N) is 1. The fourth-order valence-electron chi connectivity index (χ4n) is 2.37. The zero-order valence-corrected chi connectivity index (χ0v) is 10.8. The van der Waals surface area contributed by atoms with Gasteiger partial charge in [0.25, 0.3) is 0 Å². The maximum atomic E-state index is 5.87. The summed E-state index contributed by atoms with van der Waals surface area (Å²) in [4.78, 5) is 0. The molecule has 1 aliphatic carbocycles. The number of rotatable bonds is 7. The van der Waals surface area contributed by atoms with E-state index in [-0.39, 0.29) is 5.54 Å². The Morgan fingerprint density at radius 2 is 1.93 bits per heavy atom.